The van der Waals surface area contributed by atoms with Crippen molar-refractivity contribution >= 4 is 27.3 Å². The minimum absolute atomic E-state index is 1.03. The van der Waals surface area contributed by atoms with E-state index in [2.05, 4.69) is 46.4 Å². The third kappa shape index (κ3) is 2.08. The molecular formula is C7H10BrNS. The van der Waals surface area contributed by atoms with Crippen molar-refractivity contribution in [2.75, 3.05) is 14.1 Å². The molecule has 0 radical (unpaired) electrons. The summed E-state index contributed by atoms with van der Waals surface area (Å²) >= 11 is 5.27. The monoisotopic (exact) mass is 219 g/mol. The third-order valence-electron chi connectivity index (χ3n) is 1.15. The van der Waals surface area contributed by atoms with Gasteiger partial charge in [0, 0.05) is 15.9 Å². The number of rotatable bonds is 2. The lowest BCUT2D eigenvalue weighted by Crippen LogP contribution is -2.09. The molecule has 0 aliphatic carbocycles. The van der Waals surface area contributed by atoms with Crippen LogP contribution in [0, 0.1) is 0 Å². The first-order chi connectivity index (χ1) is 4.70. The molecule has 0 atom stereocenters. The van der Waals surface area contributed by atoms with E-state index in [-0.39, 0.29) is 0 Å². The van der Waals surface area contributed by atoms with Crippen LogP contribution in [0.25, 0.3) is 0 Å². The molecule has 0 N–H and O–H groups in total. The van der Waals surface area contributed by atoms with Gasteiger partial charge >= 0.3 is 0 Å². The number of hydrogen-bond acceptors (Lipinski definition) is 2. The lowest BCUT2D eigenvalue weighted by atomic mass is 10.4. The quantitative estimate of drug-likeness (QED) is 0.740. The molecule has 0 amide bonds. The van der Waals surface area contributed by atoms with E-state index in [1.807, 2.05) is 0 Å². The summed E-state index contributed by atoms with van der Waals surface area (Å²) in [7, 11) is 4.15. The second kappa shape index (κ2) is 3.51. The van der Waals surface area contributed by atoms with Gasteiger partial charge in [0.05, 0.1) is 0 Å². The van der Waals surface area contributed by atoms with Gasteiger partial charge in [0.1, 0.15) is 0 Å². The molecule has 0 spiro atoms. The van der Waals surface area contributed by atoms with Crippen molar-refractivity contribution in [1.82, 2.24) is 4.90 Å². The summed E-state index contributed by atoms with van der Waals surface area (Å²) in [5, 5.41) is 2.10. The summed E-state index contributed by atoms with van der Waals surface area (Å²) in [6.07, 6.45) is 0. The van der Waals surface area contributed by atoms with Gasteiger partial charge in [-0.25, -0.2) is 0 Å². The summed E-state index contributed by atoms with van der Waals surface area (Å²) in [4.78, 5) is 3.56. The average molecular weight is 220 g/mol. The van der Waals surface area contributed by atoms with Crippen LogP contribution in [0.15, 0.2) is 15.9 Å². The molecule has 1 rings (SSSR count). The van der Waals surface area contributed by atoms with Crippen molar-refractivity contribution in [3.05, 3.63) is 20.8 Å². The van der Waals surface area contributed by atoms with Gasteiger partial charge in [-0.15, -0.1) is 11.3 Å². The zero-order chi connectivity index (χ0) is 7.56. The highest BCUT2D eigenvalue weighted by Gasteiger charge is 2.00. The van der Waals surface area contributed by atoms with E-state index >= 15 is 0 Å². The Hall–Kier alpha value is 0.140. The van der Waals surface area contributed by atoms with Crippen LogP contribution < -0.4 is 0 Å². The van der Waals surface area contributed by atoms with Crippen LogP contribution in [0.4, 0.5) is 0 Å². The van der Waals surface area contributed by atoms with Gasteiger partial charge in [-0.1, -0.05) is 0 Å². The molecule has 1 nitrogen and oxygen atoms in total. The molecule has 56 valence electrons. The molecule has 10 heavy (non-hydrogen) atoms. The smallest absolute Gasteiger partial charge is 0.0333 e. The van der Waals surface area contributed by atoms with Gasteiger partial charge in [0.2, 0.25) is 0 Å². The third-order valence-corrected chi connectivity index (χ3v) is 3.06. The van der Waals surface area contributed by atoms with Crippen LogP contribution in [0.3, 0.4) is 0 Å². The van der Waals surface area contributed by atoms with Gasteiger partial charge in [-0.2, -0.15) is 0 Å². The zero-order valence-electron chi connectivity index (χ0n) is 6.10. The Morgan fingerprint density at radius 1 is 1.60 bits per heavy atom. The van der Waals surface area contributed by atoms with E-state index in [1.54, 1.807) is 11.3 Å². The Kier molecular flexibility index (Phi) is 2.89. The van der Waals surface area contributed by atoms with E-state index in [0.29, 0.717) is 0 Å². The van der Waals surface area contributed by atoms with Crippen molar-refractivity contribution < 1.29 is 0 Å². The second-order valence-electron chi connectivity index (χ2n) is 2.43. The van der Waals surface area contributed by atoms with Crippen LogP contribution in [0.1, 0.15) is 4.88 Å². The Bertz CT molecular complexity index is 207. The molecule has 0 saturated heterocycles. The first kappa shape index (κ1) is 8.24. The molecular weight excluding hydrogens is 210 g/mol. The van der Waals surface area contributed by atoms with E-state index in [9.17, 15) is 0 Å². The normalized spacial score (nSPS) is 10.8. The fraction of sp³-hybridized carbons (Fsp3) is 0.429. The molecule has 1 heterocycles. The van der Waals surface area contributed by atoms with E-state index in [1.165, 1.54) is 9.35 Å². The molecule has 0 aliphatic heterocycles. The van der Waals surface area contributed by atoms with Crippen molar-refractivity contribution in [3.63, 3.8) is 0 Å². The lowest BCUT2D eigenvalue weighted by molar-refractivity contribution is 0.406. The van der Waals surface area contributed by atoms with Crippen molar-refractivity contribution in [2.24, 2.45) is 0 Å². The predicted molar refractivity (Wildman–Crippen MR) is 49.4 cm³/mol. The summed E-state index contributed by atoms with van der Waals surface area (Å²) in [6, 6.07) is 2.09. The number of nitrogens with zero attached hydrogens (tertiary/aromatic N) is 1. The molecule has 0 fully saturated rings. The zero-order valence-corrected chi connectivity index (χ0v) is 8.50. The maximum atomic E-state index is 3.48. The molecule has 1 aromatic heterocycles. The molecule has 0 aromatic carbocycles. The SMILES string of the molecule is CN(C)Cc1sccc1Br. The number of thiophene rings is 1. The maximum absolute atomic E-state index is 3.48. The van der Waals surface area contributed by atoms with Crippen LogP contribution in [0.5, 0.6) is 0 Å². The van der Waals surface area contributed by atoms with Crippen LogP contribution in [0.2, 0.25) is 0 Å². The Morgan fingerprint density at radius 3 is 2.70 bits per heavy atom. The lowest BCUT2D eigenvalue weighted by Gasteiger charge is -2.06. The molecule has 0 unspecified atom stereocenters. The standard InChI is InChI=1S/C7H10BrNS/c1-9(2)5-7-6(8)3-4-10-7/h3-4H,5H2,1-2H3. The van der Waals surface area contributed by atoms with Crippen molar-refractivity contribution in [2.45, 2.75) is 6.54 Å². The van der Waals surface area contributed by atoms with Crippen molar-refractivity contribution in [1.29, 1.82) is 0 Å². The highest BCUT2D eigenvalue weighted by atomic mass is 79.9. The maximum Gasteiger partial charge on any atom is 0.0333 e. The van der Waals surface area contributed by atoms with Gasteiger partial charge in [0.15, 0.2) is 0 Å². The number of hydrogen-bond donors (Lipinski definition) is 0. The Morgan fingerprint density at radius 2 is 2.30 bits per heavy atom. The molecule has 3 heteroatoms. The van der Waals surface area contributed by atoms with Gasteiger partial charge in [-0.3, -0.25) is 0 Å². The minimum Gasteiger partial charge on any atom is -0.304 e. The fourth-order valence-corrected chi connectivity index (χ4v) is 2.32. The topological polar surface area (TPSA) is 3.24 Å². The highest BCUT2D eigenvalue weighted by Crippen LogP contribution is 2.23. The van der Waals surface area contributed by atoms with Crippen LogP contribution >= 0.6 is 27.3 Å². The number of halogens is 1. The van der Waals surface area contributed by atoms with E-state index < -0.39 is 0 Å². The fourth-order valence-electron chi connectivity index (χ4n) is 0.725. The van der Waals surface area contributed by atoms with Crippen molar-refractivity contribution in [3.8, 4) is 0 Å². The van der Waals surface area contributed by atoms with Gasteiger partial charge in [0.25, 0.3) is 0 Å². The minimum atomic E-state index is 1.03. The first-order valence-corrected chi connectivity index (χ1v) is 4.74. The van der Waals surface area contributed by atoms with E-state index in [0.717, 1.165) is 6.54 Å². The van der Waals surface area contributed by atoms with Crippen LogP contribution in [-0.2, 0) is 6.54 Å². The van der Waals surface area contributed by atoms with Gasteiger partial charge in [-0.05, 0) is 41.5 Å². The van der Waals surface area contributed by atoms with Crippen LogP contribution in [-0.4, -0.2) is 19.0 Å². The van der Waals surface area contributed by atoms with Gasteiger partial charge < -0.3 is 4.90 Å². The molecule has 1 aromatic rings. The second-order valence-corrected chi connectivity index (χ2v) is 4.28. The average Bonchev–Trinajstić information content (AvgIpc) is 2.15. The summed E-state index contributed by atoms with van der Waals surface area (Å²) in [5.74, 6) is 0. The first-order valence-electron chi connectivity index (χ1n) is 3.07. The predicted octanol–water partition coefficient (Wildman–Crippen LogP) is 2.57. The Labute approximate surface area is 73.8 Å². The Balaban J connectivity index is 2.65. The summed E-state index contributed by atoms with van der Waals surface area (Å²) < 4.78 is 1.23. The summed E-state index contributed by atoms with van der Waals surface area (Å²) in [6.45, 7) is 1.03. The molecule has 0 aliphatic rings. The summed E-state index contributed by atoms with van der Waals surface area (Å²) in [5.41, 5.74) is 0. The molecule has 0 saturated carbocycles. The largest absolute Gasteiger partial charge is 0.304 e. The highest BCUT2D eigenvalue weighted by molar-refractivity contribution is 9.10. The van der Waals surface area contributed by atoms with E-state index in [4.69, 9.17) is 0 Å². The molecule has 0 bridgehead atoms.